The zero-order valence-electron chi connectivity index (χ0n) is 10.3. The second kappa shape index (κ2) is 4.61. The number of allylic oxidation sites excluding steroid dienone is 1. The number of nitrogens with zero attached hydrogens (tertiary/aromatic N) is 2. The van der Waals surface area contributed by atoms with Crippen LogP contribution in [0.15, 0.2) is 36.9 Å². The van der Waals surface area contributed by atoms with Crippen LogP contribution >= 0.6 is 0 Å². The number of fused-ring (bicyclic) bond motifs is 1. The minimum absolute atomic E-state index is 0.908. The van der Waals surface area contributed by atoms with Crippen LogP contribution in [-0.4, -0.2) is 17.1 Å². The van der Waals surface area contributed by atoms with Gasteiger partial charge in [-0.05, 0) is 47.8 Å². The van der Waals surface area contributed by atoms with Gasteiger partial charge in [0.2, 0.25) is 0 Å². The molecule has 90 valence electrons. The van der Waals surface area contributed by atoms with Gasteiger partial charge >= 0.3 is 0 Å². The van der Waals surface area contributed by atoms with Gasteiger partial charge in [-0.1, -0.05) is 6.07 Å². The molecule has 0 amide bonds. The molecule has 1 aliphatic carbocycles. The molecular formula is C15H14N2O. The maximum atomic E-state index is 5.29. The van der Waals surface area contributed by atoms with Gasteiger partial charge in [-0.3, -0.25) is 0 Å². The van der Waals surface area contributed by atoms with E-state index in [0.717, 1.165) is 24.2 Å². The zero-order chi connectivity index (χ0) is 12.4. The summed E-state index contributed by atoms with van der Waals surface area (Å²) in [6, 6.07) is 6.28. The van der Waals surface area contributed by atoms with Gasteiger partial charge in [-0.25, -0.2) is 9.97 Å². The highest BCUT2D eigenvalue weighted by Gasteiger charge is 2.16. The van der Waals surface area contributed by atoms with Crippen LogP contribution in [0.3, 0.4) is 0 Å². The van der Waals surface area contributed by atoms with Crippen LogP contribution < -0.4 is 4.74 Å². The van der Waals surface area contributed by atoms with Crippen LogP contribution in [0, 0.1) is 0 Å². The normalized spacial score (nSPS) is 15.7. The number of rotatable bonds is 2. The fourth-order valence-electron chi connectivity index (χ4n) is 2.34. The van der Waals surface area contributed by atoms with Crippen LogP contribution in [0.1, 0.15) is 23.1 Å². The Labute approximate surface area is 106 Å². The molecule has 1 aliphatic rings. The molecule has 3 nitrogen and oxygen atoms in total. The van der Waals surface area contributed by atoms with Crippen molar-refractivity contribution in [1.82, 2.24) is 9.97 Å². The fraction of sp³-hybridized carbons (Fsp3) is 0.200. The maximum absolute atomic E-state index is 5.29. The number of hydrogen-bond donors (Lipinski definition) is 0. The second-order valence-electron chi connectivity index (χ2n) is 4.36. The van der Waals surface area contributed by atoms with Gasteiger partial charge in [0.25, 0.3) is 0 Å². The van der Waals surface area contributed by atoms with Crippen LogP contribution in [0.25, 0.3) is 11.6 Å². The number of aryl methyl sites for hydroxylation is 1. The number of benzene rings is 1. The molecule has 3 rings (SSSR count). The van der Waals surface area contributed by atoms with Gasteiger partial charge in [-0.15, -0.1) is 0 Å². The Morgan fingerprint density at radius 3 is 2.78 bits per heavy atom. The molecule has 0 unspecified atom stereocenters. The monoisotopic (exact) mass is 238 g/mol. The summed E-state index contributed by atoms with van der Waals surface area (Å²) >= 11 is 0. The first-order chi connectivity index (χ1) is 8.86. The first kappa shape index (κ1) is 11.0. The minimum atomic E-state index is 0.908. The van der Waals surface area contributed by atoms with Crippen molar-refractivity contribution in [3.63, 3.8) is 0 Å². The molecule has 0 saturated heterocycles. The number of aromatic nitrogens is 2. The Kier molecular flexibility index (Phi) is 2.81. The molecule has 18 heavy (non-hydrogen) atoms. The van der Waals surface area contributed by atoms with E-state index in [2.05, 4.69) is 28.2 Å². The molecule has 0 radical (unpaired) electrons. The largest absolute Gasteiger partial charge is 0.497 e. The van der Waals surface area contributed by atoms with Crippen molar-refractivity contribution in [1.29, 1.82) is 0 Å². The van der Waals surface area contributed by atoms with E-state index >= 15 is 0 Å². The lowest BCUT2D eigenvalue weighted by Crippen LogP contribution is -1.86. The molecule has 1 heterocycles. The van der Waals surface area contributed by atoms with Crippen molar-refractivity contribution in [3.8, 4) is 5.75 Å². The summed E-state index contributed by atoms with van der Waals surface area (Å²) in [5, 5.41) is 0. The van der Waals surface area contributed by atoms with Gasteiger partial charge in [0.1, 0.15) is 12.1 Å². The van der Waals surface area contributed by atoms with E-state index in [1.54, 1.807) is 13.4 Å². The molecule has 0 bridgehead atoms. The predicted molar refractivity (Wildman–Crippen MR) is 71.2 cm³/mol. The number of methoxy groups -OCH3 is 1. The molecule has 2 aromatic rings. The summed E-state index contributed by atoms with van der Waals surface area (Å²) in [6.45, 7) is 0. The summed E-state index contributed by atoms with van der Waals surface area (Å²) in [7, 11) is 1.70. The highest BCUT2D eigenvalue weighted by atomic mass is 16.5. The standard InChI is InChI=1S/C15H14N2O/c1-18-14-5-4-12-2-3-13(15(12)7-14)6-11-8-16-10-17-9-11/h4-10H,2-3H2,1H3/b13-6+. The van der Waals surface area contributed by atoms with Crippen molar-refractivity contribution in [2.24, 2.45) is 0 Å². The van der Waals surface area contributed by atoms with Gasteiger partial charge < -0.3 is 4.74 Å². The summed E-state index contributed by atoms with van der Waals surface area (Å²) in [4.78, 5) is 8.07. The highest BCUT2D eigenvalue weighted by Crippen LogP contribution is 2.35. The smallest absolute Gasteiger partial charge is 0.119 e. The molecule has 1 aromatic heterocycles. The van der Waals surface area contributed by atoms with Gasteiger partial charge in [0.15, 0.2) is 0 Å². The van der Waals surface area contributed by atoms with Crippen molar-refractivity contribution >= 4 is 11.6 Å². The van der Waals surface area contributed by atoms with Crippen molar-refractivity contribution in [2.45, 2.75) is 12.8 Å². The Hall–Kier alpha value is -2.16. The summed E-state index contributed by atoms with van der Waals surface area (Å²) in [5.41, 5.74) is 5.05. The molecule has 0 N–H and O–H groups in total. The predicted octanol–water partition coefficient (Wildman–Crippen LogP) is 2.97. The van der Waals surface area contributed by atoms with Crippen LogP contribution in [0.5, 0.6) is 5.75 Å². The molecule has 0 atom stereocenters. The second-order valence-corrected chi connectivity index (χ2v) is 4.36. The highest BCUT2D eigenvalue weighted by molar-refractivity contribution is 5.85. The van der Waals surface area contributed by atoms with E-state index in [1.807, 2.05) is 18.5 Å². The van der Waals surface area contributed by atoms with Crippen molar-refractivity contribution < 1.29 is 4.74 Å². The van der Waals surface area contributed by atoms with Gasteiger partial charge in [0, 0.05) is 18.0 Å². The quantitative estimate of drug-likeness (QED) is 0.806. The van der Waals surface area contributed by atoms with Gasteiger partial charge in [0.05, 0.1) is 7.11 Å². The third-order valence-corrected chi connectivity index (χ3v) is 3.25. The Bertz CT molecular complexity index is 591. The molecule has 1 aromatic carbocycles. The maximum Gasteiger partial charge on any atom is 0.119 e. The number of ether oxygens (including phenoxy) is 1. The zero-order valence-corrected chi connectivity index (χ0v) is 10.3. The van der Waals surface area contributed by atoms with Crippen molar-refractivity contribution in [2.75, 3.05) is 7.11 Å². The Morgan fingerprint density at radius 2 is 2.00 bits per heavy atom. The van der Waals surface area contributed by atoms with E-state index in [4.69, 9.17) is 4.74 Å². The molecule has 0 spiro atoms. The van der Waals surface area contributed by atoms with Crippen LogP contribution in [-0.2, 0) is 6.42 Å². The van der Waals surface area contributed by atoms with E-state index in [1.165, 1.54) is 16.7 Å². The third kappa shape index (κ3) is 1.99. The lowest BCUT2D eigenvalue weighted by atomic mass is 10.1. The van der Waals surface area contributed by atoms with E-state index in [0.29, 0.717) is 0 Å². The van der Waals surface area contributed by atoms with E-state index < -0.39 is 0 Å². The average Bonchev–Trinajstić information content (AvgIpc) is 2.82. The Morgan fingerprint density at radius 1 is 1.17 bits per heavy atom. The lowest BCUT2D eigenvalue weighted by Gasteiger charge is -2.05. The topological polar surface area (TPSA) is 35.0 Å². The molecule has 3 heteroatoms. The third-order valence-electron chi connectivity index (χ3n) is 3.25. The summed E-state index contributed by atoms with van der Waals surface area (Å²) in [5.74, 6) is 0.908. The molecule has 0 aliphatic heterocycles. The minimum Gasteiger partial charge on any atom is -0.497 e. The molecule has 0 fully saturated rings. The fourth-order valence-corrected chi connectivity index (χ4v) is 2.34. The van der Waals surface area contributed by atoms with Crippen molar-refractivity contribution in [3.05, 3.63) is 53.6 Å². The van der Waals surface area contributed by atoms with E-state index in [9.17, 15) is 0 Å². The molecule has 0 saturated carbocycles. The summed E-state index contributed by atoms with van der Waals surface area (Å²) in [6.07, 6.45) is 9.53. The van der Waals surface area contributed by atoms with E-state index in [-0.39, 0.29) is 0 Å². The SMILES string of the molecule is COc1ccc2c(c1)/C(=C/c1cncnc1)CC2. The van der Waals surface area contributed by atoms with Crippen LogP contribution in [0.2, 0.25) is 0 Å². The first-order valence-electron chi connectivity index (χ1n) is 6.00. The van der Waals surface area contributed by atoms with Crippen LogP contribution in [0.4, 0.5) is 0 Å². The lowest BCUT2D eigenvalue weighted by molar-refractivity contribution is 0.414. The molecular weight excluding hydrogens is 224 g/mol. The first-order valence-corrected chi connectivity index (χ1v) is 6.00. The average molecular weight is 238 g/mol. The Balaban J connectivity index is 2.01. The summed E-state index contributed by atoms with van der Waals surface area (Å²) < 4.78 is 5.29. The van der Waals surface area contributed by atoms with Gasteiger partial charge in [-0.2, -0.15) is 0 Å². The number of hydrogen-bond acceptors (Lipinski definition) is 3.